The number of nitrogens with one attached hydrogen (secondary N) is 1. The van der Waals surface area contributed by atoms with E-state index in [4.69, 9.17) is 4.74 Å². The molecule has 3 rings (SSSR count). The Balaban J connectivity index is 1.50. The summed E-state index contributed by atoms with van der Waals surface area (Å²) in [6.45, 7) is 0.910. The van der Waals surface area contributed by atoms with Crippen LogP contribution >= 0.6 is 0 Å². The van der Waals surface area contributed by atoms with Crippen LogP contribution in [0, 0.1) is 0 Å². The van der Waals surface area contributed by atoms with Crippen molar-refractivity contribution in [1.82, 2.24) is 9.78 Å². The summed E-state index contributed by atoms with van der Waals surface area (Å²) in [5.74, 6) is 0. The van der Waals surface area contributed by atoms with E-state index in [0.29, 0.717) is 6.10 Å². The Bertz CT molecular complexity index is 382. The topological polar surface area (TPSA) is 39.1 Å². The van der Waals surface area contributed by atoms with E-state index in [1.54, 1.807) is 0 Å². The van der Waals surface area contributed by atoms with Crippen molar-refractivity contribution in [2.24, 2.45) is 7.05 Å². The Kier molecular flexibility index (Phi) is 2.82. The van der Waals surface area contributed by atoms with Gasteiger partial charge in [0.15, 0.2) is 0 Å². The Morgan fingerprint density at radius 3 is 3.00 bits per heavy atom. The van der Waals surface area contributed by atoms with Gasteiger partial charge in [-0.1, -0.05) is 12.8 Å². The summed E-state index contributed by atoms with van der Waals surface area (Å²) in [6.07, 6.45) is 12.0. The van der Waals surface area contributed by atoms with E-state index in [1.165, 1.54) is 38.5 Å². The Labute approximate surface area is 102 Å². The maximum atomic E-state index is 6.25. The van der Waals surface area contributed by atoms with Crippen LogP contribution in [-0.4, -0.2) is 28.0 Å². The minimum absolute atomic E-state index is 0.251. The van der Waals surface area contributed by atoms with Crippen LogP contribution in [0.5, 0.6) is 0 Å². The Hall–Kier alpha value is -1.03. The van der Waals surface area contributed by atoms with Crippen LogP contribution in [0.15, 0.2) is 12.4 Å². The van der Waals surface area contributed by atoms with Gasteiger partial charge in [-0.2, -0.15) is 5.10 Å². The molecular formula is C13H21N3O. The highest BCUT2D eigenvalue weighted by molar-refractivity contribution is 5.38. The third-order valence-corrected chi connectivity index (χ3v) is 4.09. The second-order valence-electron chi connectivity index (χ2n) is 5.45. The minimum Gasteiger partial charge on any atom is -0.380 e. The monoisotopic (exact) mass is 235 g/mol. The lowest BCUT2D eigenvalue weighted by atomic mass is 9.98. The summed E-state index contributed by atoms with van der Waals surface area (Å²) in [6, 6.07) is 0. The molecule has 1 saturated heterocycles. The molecule has 0 aromatic carbocycles. The molecule has 1 saturated carbocycles. The average molecular weight is 235 g/mol. The van der Waals surface area contributed by atoms with Gasteiger partial charge in [0.05, 0.1) is 23.6 Å². The van der Waals surface area contributed by atoms with Crippen LogP contribution in [0.2, 0.25) is 0 Å². The lowest BCUT2D eigenvalue weighted by molar-refractivity contribution is -0.0307. The first-order valence-corrected chi connectivity index (χ1v) is 6.66. The van der Waals surface area contributed by atoms with Crippen molar-refractivity contribution in [2.45, 2.75) is 50.2 Å². The molecule has 0 radical (unpaired) electrons. The lowest BCUT2D eigenvalue weighted by Crippen LogP contribution is -2.27. The molecule has 2 heterocycles. The molecule has 0 bridgehead atoms. The number of hydrogen-bond donors (Lipinski definition) is 1. The van der Waals surface area contributed by atoms with Crippen molar-refractivity contribution < 1.29 is 4.74 Å². The zero-order chi connectivity index (χ0) is 11.7. The molecule has 4 heteroatoms. The molecule has 1 N–H and O–H groups in total. The second-order valence-corrected chi connectivity index (χ2v) is 5.45. The molecule has 2 fully saturated rings. The zero-order valence-electron chi connectivity index (χ0n) is 10.5. The van der Waals surface area contributed by atoms with Gasteiger partial charge in [0, 0.05) is 19.8 Å². The van der Waals surface area contributed by atoms with E-state index in [1.807, 2.05) is 24.1 Å². The molecule has 1 unspecified atom stereocenters. The van der Waals surface area contributed by atoms with Crippen LogP contribution < -0.4 is 5.32 Å². The van der Waals surface area contributed by atoms with Gasteiger partial charge in [0.2, 0.25) is 0 Å². The molecule has 1 aromatic rings. The normalized spacial score (nSPS) is 26.8. The van der Waals surface area contributed by atoms with Gasteiger partial charge in [-0.05, 0) is 25.7 Å². The predicted octanol–water partition coefficient (Wildman–Crippen LogP) is 2.32. The van der Waals surface area contributed by atoms with E-state index >= 15 is 0 Å². The first-order chi connectivity index (χ1) is 8.26. The van der Waals surface area contributed by atoms with Crippen molar-refractivity contribution in [1.29, 1.82) is 0 Å². The van der Waals surface area contributed by atoms with E-state index < -0.39 is 0 Å². The summed E-state index contributed by atoms with van der Waals surface area (Å²) in [5, 5.41) is 7.55. The van der Waals surface area contributed by atoms with Crippen molar-refractivity contribution in [3.63, 3.8) is 0 Å². The molecule has 1 aliphatic heterocycles. The molecule has 2 aliphatic rings. The molecule has 0 amide bonds. The fourth-order valence-corrected chi connectivity index (χ4v) is 3.17. The molecule has 1 aliphatic carbocycles. The van der Waals surface area contributed by atoms with Gasteiger partial charge in [-0.25, -0.2) is 0 Å². The fraction of sp³-hybridized carbons (Fsp3) is 0.769. The second kappa shape index (κ2) is 4.33. The van der Waals surface area contributed by atoms with Crippen molar-refractivity contribution in [3.05, 3.63) is 12.4 Å². The average Bonchev–Trinajstić information content (AvgIpc) is 3.01. The molecule has 1 atom stereocenters. The minimum atomic E-state index is 0.251. The molecule has 1 spiro atoms. The number of nitrogens with zero attached hydrogens (tertiary/aromatic N) is 2. The highest BCUT2D eigenvalue weighted by atomic mass is 16.5. The molecule has 17 heavy (non-hydrogen) atoms. The predicted molar refractivity (Wildman–Crippen MR) is 67.0 cm³/mol. The lowest BCUT2D eigenvalue weighted by Gasteiger charge is -2.23. The van der Waals surface area contributed by atoms with Crippen LogP contribution in [0.25, 0.3) is 0 Å². The number of hydrogen-bond acceptors (Lipinski definition) is 3. The largest absolute Gasteiger partial charge is 0.380 e. The van der Waals surface area contributed by atoms with Gasteiger partial charge in [0.25, 0.3) is 0 Å². The van der Waals surface area contributed by atoms with Gasteiger partial charge in [0.1, 0.15) is 0 Å². The smallest absolute Gasteiger partial charge is 0.0756 e. The number of rotatable bonds is 3. The molecule has 94 valence electrons. The van der Waals surface area contributed by atoms with Crippen LogP contribution in [0.3, 0.4) is 0 Å². The van der Waals surface area contributed by atoms with Crippen LogP contribution in [0.1, 0.15) is 38.5 Å². The summed E-state index contributed by atoms with van der Waals surface area (Å²) in [7, 11) is 1.94. The zero-order valence-corrected chi connectivity index (χ0v) is 10.5. The van der Waals surface area contributed by atoms with E-state index in [-0.39, 0.29) is 5.60 Å². The first-order valence-electron chi connectivity index (χ1n) is 6.66. The number of aromatic nitrogens is 2. The summed E-state index contributed by atoms with van der Waals surface area (Å²) < 4.78 is 8.06. The van der Waals surface area contributed by atoms with E-state index in [9.17, 15) is 0 Å². The summed E-state index contributed by atoms with van der Waals surface area (Å²) >= 11 is 0. The van der Waals surface area contributed by atoms with Crippen LogP contribution in [-0.2, 0) is 11.8 Å². The SMILES string of the molecule is Cn1cc(NCC2CCC3(CCCC3)O2)cn1. The van der Waals surface area contributed by atoms with Gasteiger partial charge in [-0.15, -0.1) is 0 Å². The van der Waals surface area contributed by atoms with E-state index in [2.05, 4.69) is 10.4 Å². The summed E-state index contributed by atoms with van der Waals surface area (Å²) in [4.78, 5) is 0. The standard InChI is InChI=1S/C13H21N3O/c1-16-10-11(8-15-16)14-9-12-4-7-13(17-12)5-2-3-6-13/h8,10,12,14H,2-7,9H2,1H3. The van der Waals surface area contributed by atoms with E-state index in [0.717, 1.165) is 12.2 Å². The summed E-state index contributed by atoms with van der Waals surface area (Å²) in [5.41, 5.74) is 1.34. The maximum Gasteiger partial charge on any atom is 0.0756 e. The van der Waals surface area contributed by atoms with Gasteiger partial charge < -0.3 is 10.1 Å². The van der Waals surface area contributed by atoms with Crippen molar-refractivity contribution in [2.75, 3.05) is 11.9 Å². The third kappa shape index (κ3) is 2.32. The Morgan fingerprint density at radius 2 is 2.29 bits per heavy atom. The number of ether oxygens (including phenoxy) is 1. The third-order valence-electron chi connectivity index (χ3n) is 4.09. The fourth-order valence-electron chi connectivity index (χ4n) is 3.17. The molecule has 4 nitrogen and oxygen atoms in total. The quantitative estimate of drug-likeness (QED) is 0.874. The van der Waals surface area contributed by atoms with Gasteiger partial charge in [-0.3, -0.25) is 4.68 Å². The van der Waals surface area contributed by atoms with Crippen molar-refractivity contribution >= 4 is 5.69 Å². The molecular weight excluding hydrogens is 214 g/mol. The maximum absolute atomic E-state index is 6.25. The first kappa shape index (κ1) is 11.1. The van der Waals surface area contributed by atoms with Crippen LogP contribution in [0.4, 0.5) is 5.69 Å². The number of aryl methyl sites for hydroxylation is 1. The number of anilines is 1. The highest BCUT2D eigenvalue weighted by Crippen LogP contribution is 2.43. The van der Waals surface area contributed by atoms with Crippen molar-refractivity contribution in [3.8, 4) is 0 Å². The van der Waals surface area contributed by atoms with Gasteiger partial charge >= 0.3 is 0 Å². The highest BCUT2D eigenvalue weighted by Gasteiger charge is 2.41. The Morgan fingerprint density at radius 1 is 1.47 bits per heavy atom. The molecule has 1 aromatic heterocycles.